The molecule has 3 heteroatoms. The fourth-order valence-electron chi connectivity index (χ4n) is 2.13. The molecule has 0 bridgehead atoms. The van der Waals surface area contributed by atoms with Gasteiger partial charge in [-0.1, -0.05) is 6.08 Å². The van der Waals surface area contributed by atoms with Crippen molar-refractivity contribution in [3.05, 3.63) is 42.0 Å². The van der Waals surface area contributed by atoms with E-state index in [2.05, 4.69) is 6.58 Å². The second-order valence-electron chi connectivity index (χ2n) is 4.16. The van der Waals surface area contributed by atoms with Gasteiger partial charge in [-0.2, -0.15) is 0 Å². The molecule has 0 spiro atoms. The van der Waals surface area contributed by atoms with Gasteiger partial charge in [-0.05, 0) is 37.1 Å². The van der Waals surface area contributed by atoms with E-state index < -0.39 is 5.79 Å². The minimum absolute atomic E-state index is 0.634. The quantitative estimate of drug-likeness (QED) is 0.750. The van der Waals surface area contributed by atoms with Crippen LogP contribution in [0.4, 0.5) is 0 Å². The molecule has 3 nitrogen and oxygen atoms in total. The van der Waals surface area contributed by atoms with Gasteiger partial charge in [0.2, 0.25) is 0 Å². The van der Waals surface area contributed by atoms with Gasteiger partial charge in [-0.25, -0.2) is 0 Å². The molecule has 1 fully saturated rings. The normalized spacial score (nSPS) is 18.0. The zero-order valence-corrected chi connectivity index (χ0v) is 10.4. The first-order valence-electron chi connectivity index (χ1n) is 5.76. The van der Waals surface area contributed by atoms with Crippen molar-refractivity contribution in [2.75, 3.05) is 20.3 Å². The first-order chi connectivity index (χ1) is 8.19. The van der Waals surface area contributed by atoms with Gasteiger partial charge in [-0.15, -0.1) is 6.58 Å². The van der Waals surface area contributed by atoms with Crippen LogP contribution in [0.15, 0.2) is 30.9 Å². The average Bonchev–Trinajstić information content (AvgIpc) is 2.77. The second-order valence-corrected chi connectivity index (χ2v) is 4.16. The molecule has 0 saturated carbocycles. The lowest BCUT2D eigenvalue weighted by Crippen LogP contribution is -2.24. The van der Waals surface area contributed by atoms with Crippen LogP contribution in [0.25, 0.3) is 0 Å². The van der Waals surface area contributed by atoms with E-state index in [9.17, 15) is 0 Å². The Hall–Kier alpha value is -1.32. The Labute approximate surface area is 102 Å². The monoisotopic (exact) mass is 234 g/mol. The van der Waals surface area contributed by atoms with Crippen LogP contribution in [0.5, 0.6) is 5.75 Å². The van der Waals surface area contributed by atoms with E-state index >= 15 is 0 Å². The van der Waals surface area contributed by atoms with Crippen molar-refractivity contribution in [2.45, 2.75) is 19.1 Å². The van der Waals surface area contributed by atoms with E-state index in [1.807, 2.05) is 31.2 Å². The summed E-state index contributed by atoms with van der Waals surface area (Å²) in [6, 6.07) is 5.94. The Bertz CT molecular complexity index is 406. The van der Waals surface area contributed by atoms with Crippen LogP contribution >= 0.6 is 0 Å². The van der Waals surface area contributed by atoms with Crippen LogP contribution < -0.4 is 4.74 Å². The van der Waals surface area contributed by atoms with Crippen LogP contribution in [0.3, 0.4) is 0 Å². The Balaban J connectivity index is 2.41. The van der Waals surface area contributed by atoms with Gasteiger partial charge in [0.1, 0.15) is 5.75 Å². The van der Waals surface area contributed by atoms with Crippen molar-refractivity contribution in [1.82, 2.24) is 0 Å². The number of hydrogen-bond acceptors (Lipinski definition) is 3. The molecule has 1 saturated heterocycles. The molecular formula is C14H18O3. The third-order valence-electron chi connectivity index (χ3n) is 3.00. The molecule has 1 aromatic rings. The molecule has 0 amide bonds. The predicted octanol–water partition coefficient (Wildman–Crippen LogP) is 2.64. The number of benzene rings is 1. The highest BCUT2D eigenvalue weighted by atomic mass is 16.7. The highest BCUT2D eigenvalue weighted by Gasteiger charge is 2.34. The average molecular weight is 234 g/mol. The summed E-state index contributed by atoms with van der Waals surface area (Å²) in [5.41, 5.74) is 2.18. The first-order valence-corrected chi connectivity index (χ1v) is 5.76. The molecule has 0 aromatic heterocycles. The molecule has 0 N–H and O–H groups in total. The van der Waals surface area contributed by atoms with Crippen molar-refractivity contribution < 1.29 is 14.2 Å². The second kappa shape index (κ2) is 4.90. The number of ether oxygens (including phenoxy) is 3. The Kier molecular flexibility index (Phi) is 3.50. The van der Waals surface area contributed by atoms with Gasteiger partial charge in [0, 0.05) is 5.56 Å². The lowest BCUT2D eigenvalue weighted by molar-refractivity contribution is -0.150. The fourth-order valence-corrected chi connectivity index (χ4v) is 2.13. The third kappa shape index (κ3) is 2.35. The molecular weight excluding hydrogens is 216 g/mol. The third-order valence-corrected chi connectivity index (χ3v) is 3.00. The zero-order chi connectivity index (χ0) is 12.3. The van der Waals surface area contributed by atoms with Crippen molar-refractivity contribution in [1.29, 1.82) is 0 Å². The van der Waals surface area contributed by atoms with E-state index in [4.69, 9.17) is 14.2 Å². The lowest BCUT2D eigenvalue weighted by Gasteiger charge is -2.25. The number of methoxy groups -OCH3 is 1. The molecule has 1 aliphatic heterocycles. The lowest BCUT2D eigenvalue weighted by atomic mass is 9.98. The molecule has 2 rings (SSSR count). The van der Waals surface area contributed by atoms with Crippen LogP contribution in [0.2, 0.25) is 0 Å². The first kappa shape index (κ1) is 12.1. The maximum atomic E-state index is 5.69. The van der Waals surface area contributed by atoms with E-state index in [0.717, 1.165) is 23.3 Å². The van der Waals surface area contributed by atoms with E-state index in [1.165, 1.54) is 0 Å². The summed E-state index contributed by atoms with van der Waals surface area (Å²) < 4.78 is 16.6. The minimum atomic E-state index is -0.634. The van der Waals surface area contributed by atoms with Gasteiger partial charge >= 0.3 is 0 Å². The summed E-state index contributed by atoms with van der Waals surface area (Å²) in [5.74, 6) is 0.206. The van der Waals surface area contributed by atoms with Crippen LogP contribution in [0.1, 0.15) is 18.1 Å². The van der Waals surface area contributed by atoms with Gasteiger partial charge in [0.15, 0.2) is 5.79 Å². The van der Waals surface area contributed by atoms with Crippen LogP contribution in [-0.4, -0.2) is 20.3 Å². The number of allylic oxidation sites excluding steroid dienone is 1. The Morgan fingerprint density at radius 1 is 1.41 bits per heavy atom. The summed E-state index contributed by atoms with van der Waals surface area (Å²) in [6.07, 6.45) is 2.64. The van der Waals surface area contributed by atoms with Crippen LogP contribution in [-0.2, 0) is 21.7 Å². The maximum absolute atomic E-state index is 5.69. The van der Waals surface area contributed by atoms with Crippen molar-refractivity contribution >= 4 is 0 Å². The Morgan fingerprint density at radius 2 is 2.12 bits per heavy atom. The zero-order valence-electron chi connectivity index (χ0n) is 10.4. The Morgan fingerprint density at radius 3 is 2.71 bits per heavy atom. The minimum Gasteiger partial charge on any atom is -0.497 e. The summed E-state index contributed by atoms with van der Waals surface area (Å²) in [6.45, 7) is 7.00. The molecule has 1 aromatic carbocycles. The van der Waals surface area contributed by atoms with E-state index in [1.54, 1.807) is 7.11 Å². The number of rotatable bonds is 4. The van der Waals surface area contributed by atoms with Crippen molar-refractivity contribution in [2.24, 2.45) is 0 Å². The van der Waals surface area contributed by atoms with E-state index in [0.29, 0.717) is 13.2 Å². The summed E-state index contributed by atoms with van der Waals surface area (Å²) in [7, 11) is 1.66. The highest BCUT2D eigenvalue weighted by molar-refractivity contribution is 5.39. The SMILES string of the molecule is C=CCc1cc(OC)ccc1C1(C)OCCO1. The largest absolute Gasteiger partial charge is 0.497 e. The summed E-state index contributed by atoms with van der Waals surface area (Å²) in [4.78, 5) is 0. The van der Waals surface area contributed by atoms with Crippen molar-refractivity contribution in [3.63, 3.8) is 0 Å². The van der Waals surface area contributed by atoms with Gasteiger partial charge in [0.25, 0.3) is 0 Å². The molecule has 1 aliphatic rings. The highest BCUT2D eigenvalue weighted by Crippen LogP contribution is 2.35. The van der Waals surface area contributed by atoms with E-state index in [-0.39, 0.29) is 0 Å². The maximum Gasteiger partial charge on any atom is 0.192 e. The summed E-state index contributed by atoms with van der Waals surface area (Å²) >= 11 is 0. The fraction of sp³-hybridized carbons (Fsp3) is 0.429. The van der Waals surface area contributed by atoms with Crippen LogP contribution in [0, 0.1) is 0 Å². The molecule has 92 valence electrons. The van der Waals surface area contributed by atoms with Gasteiger partial charge in [0.05, 0.1) is 20.3 Å². The van der Waals surface area contributed by atoms with Gasteiger partial charge < -0.3 is 14.2 Å². The molecule has 17 heavy (non-hydrogen) atoms. The topological polar surface area (TPSA) is 27.7 Å². The molecule has 0 radical (unpaired) electrons. The smallest absolute Gasteiger partial charge is 0.192 e. The molecule has 1 heterocycles. The van der Waals surface area contributed by atoms with Crippen molar-refractivity contribution in [3.8, 4) is 5.75 Å². The predicted molar refractivity (Wildman–Crippen MR) is 66.2 cm³/mol. The molecule has 0 unspecified atom stereocenters. The molecule has 0 aliphatic carbocycles. The summed E-state index contributed by atoms with van der Waals surface area (Å²) in [5, 5.41) is 0. The molecule has 0 atom stereocenters. The van der Waals surface area contributed by atoms with Gasteiger partial charge in [-0.3, -0.25) is 0 Å². The number of hydrogen-bond donors (Lipinski definition) is 0. The standard InChI is InChI=1S/C14H18O3/c1-4-5-11-10-12(15-3)6-7-13(11)14(2)16-8-9-17-14/h4,6-7,10H,1,5,8-9H2,2-3H3.